The molecule has 0 radical (unpaired) electrons. The van der Waals surface area contributed by atoms with E-state index in [9.17, 15) is 9.59 Å². The first-order valence-electron chi connectivity index (χ1n) is 9.24. The number of rotatable bonds is 7. The van der Waals surface area contributed by atoms with E-state index in [2.05, 4.69) is 30.9 Å². The number of anilines is 2. The van der Waals surface area contributed by atoms with Gasteiger partial charge in [0.2, 0.25) is 0 Å². The number of nitrogens with zero attached hydrogens (tertiary/aromatic N) is 3. The van der Waals surface area contributed by atoms with Crippen LogP contribution >= 0.6 is 0 Å². The van der Waals surface area contributed by atoms with Gasteiger partial charge in [-0.1, -0.05) is 6.07 Å². The van der Waals surface area contributed by atoms with E-state index in [4.69, 9.17) is 0 Å². The molecule has 0 fully saturated rings. The van der Waals surface area contributed by atoms with Gasteiger partial charge in [-0.2, -0.15) is 0 Å². The second kappa shape index (κ2) is 9.93. The molecule has 0 saturated carbocycles. The van der Waals surface area contributed by atoms with Crippen LogP contribution in [0.2, 0.25) is 0 Å². The number of hydrogen-bond acceptors (Lipinski definition) is 5. The van der Waals surface area contributed by atoms with Crippen molar-refractivity contribution < 1.29 is 13.9 Å². The maximum atomic E-state index is 12.3. The zero-order valence-corrected chi connectivity index (χ0v) is 16.1. The summed E-state index contributed by atoms with van der Waals surface area (Å²) in [5.41, 5.74) is 2.94. The predicted octanol–water partition coefficient (Wildman–Crippen LogP) is 3.92. The molecular formula is C21H28N6O2. The van der Waals surface area contributed by atoms with E-state index in [0.29, 0.717) is 23.6 Å². The Hall–Kier alpha value is -3.81. The van der Waals surface area contributed by atoms with Crippen LogP contribution in [0.25, 0.3) is 0 Å². The van der Waals surface area contributed by atoms with E-state index in [-0.39, 0.29) is 10.2 Å². The highest BCUT2D eigenvalue weighted by atomic mass is 16.2. The number of urea groups is 1. The molecule has 3 aromatic rings. The average Bonchev–Trinajstić information content (AvgIpc) is 2.74. The van der Waals surface area contributed by atoms with Gasteiger partial charge in [0.15, 0.2) is 5.82 Å². The van der Waals surface area contributed by atoms with Crippen LogP contribution < -0.4 is 16.0 Å². The summed E-state index contributed by atoms with van der Waals surface area (Å²) in [6.45, 7) is 2.39. The number of aromatic nitrogens is 3. The molecule has 2 heterocycles. The molecular weight excluding hydrogens is 368 g/mol. The molecule has 3 N–H and O–H groups in total. The molecule has 3 amide bonds. The Morgan fingerprint density at radius 2 is 1.93 bits per heavy atom. The molecule has 0 saturated heterocycles. The van der Waals surface area contributed by atoms with Crippen LogP contribution in [0, 0.1) is 6.92 Å². The number of carbonyl (C=O) groups is 2. The lowest BCUT2D eigenvalue weighted by Crippen LogP contribution is -2.25. The van der Waals surface area contributed by atoms with Crippen molar-refractivity contribution in [2.24, 2.45) is 0 Å². The highest BCUT2D eigenvalue weighted by Gasteiger charge is 2.10. The minimum absolute atomic E-state index is 0. The van der Waals surface area contributed by atoms with Gasteiger partial charge >= 0.3 is 6.03 Å². The van der Waals surface area contributed by atoms with Gasteiger partial charge in [0.05, 0.1) is 6.20 Å². The Labute approximate surface area is 173 Å². The third-order valence-corrected chi connectivity index (χ3v) is 4.16. The summed E-state index contributed by atoms with van der Waals surface area (Å²) >= 11 is 0. The highest BCUT2D eigenvalue weighted by Crippen LogP contribution is 2.17. The lowest BCUT2D eigenvalue weighted by Gasteiger charge is -2.11. The first-order chi connectivity index (χ1) is 14.1. The van der Waals surface area contributed by atoms with Gasteiger partial charge in [-0.15, -0.1) is 0 Å². The summed E-state index contributed by atoms with van der Waals surface area (Å²) in [6.07, 6.45) is 7.85. The fourth-order valence-electron chi connectivity index (χ4n) is 2.70. The summed E-state index contributed by atoms with van der Waals surface area (Å²) in [4.78, 5) is 36.5. The number of carbonyl (C=O) groups excluding carboxylic acids is 2. The van der Waals surface area contributed by atoms with Gasteiger partial charge < -0.3 is 10.6 Å². The van der Waals surface area contributed by atoms with Gasteiger partial charge in [0.25, 0.3) is 5.91 Å². The van der Waals surface area contributed by atoms with Crippen LogP contribution in [-0.4, -0.2) is 33.4 Å². The minimum atomic E-state index is -0.430. The number of amides is 3. The van der Waals surface area contributed by atoms with Crippen molar-refractivity contribution in [2.75, 3.05) is 17.2 Å². The smallest absolute Gasteiger partial charge is 0.324 e. The maximum Gasteiger partial charge on any atom is 0.324 e. The van der Waals surface area contributed by atoms with E-state index < -0.39 is 6.03 Å². The number of pyridine rings is 1. The van der Waals surface area contributed by atoms with Crippen LogP contribution in [0.15, 0.2) is 61.2 Å². The SMILES string of the molecule is Cc1cc(C(=O)NCCCc2ccccn2)ccc1NC(=O)Nc1cnccn1.[HH].[HH].[HH]. The molecule has 0 aliphatic carbocycles. The van der Waals surface area contributed by atoms with Crippen LogP contribution in [0.5, 0.6) is 0 Å². The van der Waals surface area contributed by atoms with Gasteiger partial charge in [-0.05, 0) is 55.7 Å². The molecule has 1 aromatic carbocycles. The summed E-state index contributed by atoms with van der Waals surface area (Å²) in [5.74, 6) is 0.203. The van der Waals surface area contributed by atoms with Crippen molar-refractivity contribution in [2.45, 2.75) is 19.8 Å². The molecule has 0 unspecified atom stereocenters. The standard InChI is InChI=1S/C21H22N6O2.3H2/c1-15-13-16(20(28)25-10-4-6-17-5-2-3-9-23-17)7-8-18(15)26-21(29)27-19-14-22-11-12-24-19;;;/h2-3,5,7-9,11-14H,4,6,10H2,1H3,(H,25,28)(H2,24,26,27,29);3*1H. The second-order valence-corrected chi connectivity index (χ2v) is 6.38. The molecule has 154 valence electrons. The third kappa shape index (κ3) is 6.10. The monoisotopic (exact) mass is 396 g/mol. The van der Waals surface area contributed by atoms with E-state index in [1.165, 1.54) is 18.6 Å². The average molecular weight is 396 g/mol. The van der Waals surface area contributed by atoms with Crippen molar-refractivity contribution in [3.8, 4) is 0 Å². The van der Waals surface area contributed by atoms with Crippen LogP contribution in [0.1, 0.15) is 32.3 Å². The molecule has 0 atom stereocenters. The molecule has 0 aliphatic rings. The predicted molar refractivity (Wildman–Crippen MR) is 117 cm³/mol. The van der Waals surface area contributed by atoms with Crippen molar-refractivity contribution in [1.29, 1.82) is 0 Å². The summed E-state index contributed by atoms with van der Waals surface area (Å²) < 4.78 is 0. The normalized spacial score (nSPS) is 10.2. The number of hydrogen-bond donors (Lipinski definition) is 3. The van der Waals surface area contributed by atoms with Gasteiger partial charge in [0.1, 0.15) is 0 Å². The molecule has 3 rings (SSSR count). The van der Waals surface area contributed by atoms with E-state index >= 15 is 0 Å². The number of nitrogens with one attached hydrogen (secondary N) is 3. The quantitative estimate of drug-likeness (QED) is 0.524. The molecule has 0 spiro atoms. The summed E-state index contributed by atoms with van der Waals surface area (Å²) in [6, 6.07) is 10.5. The Kier molecular flexibility index (Phi) is 6.83. The highest BCUT2D eigenvalue weighted by molar-refractivity contribution is 6.00. The first-order valence-corrected chi connectivity index (χ1v) is 9.24. The lowest BCUT2D eigenvalue weighted by atomic mass is 10.1. The summed E-state index contributed by atoms with van der Waals surface area (Å²) in [7, 11) is 0. The van der Waals surface area contributed by atoms with Gasteiger partial charge in [-0.25, -0.2) is 9.78 Å². The van der Waals surface area contributed by atoms with Gasteiger partial charge in [-0.3, -0.25) is 20.1 Å². The first kappa shape index (κ1) is 19.9. The van der Waals surface area contributed by atoms with Crippen molar-refractivity contribution in [3.63, 3.8) is 0 Å². The topological polar surface area (TPSA) is 109 Å². The molecule has 8 nitrogen and oxygen atoms in total. The zero-order valence-electron chi connectivity index (χ0n) is 16.1. The number of aryl methyl sites for hydroxylation is 2. The van der Waals surface area contributed by atoms with Crippen LogP contribution in [0.3, 0.4) is 0 Å². The maximum absolute atomic E-state index is 12.3. The lowest BCUT2D eigenvalue weighted by molar-refractivity contribution is 0.0953. The Bertz CT molecular complexity index is 978. The van der Waals surface area contributed by atoms with Crippen molar-refractivity contribution in [1.82, 2.24) is 20.3 Å². The minimum Gasteiger partial charge on any atom is -0.352 e. The van der Waals surface area contributed by atoms with Crippen molar-refractivity contribution >= 4 is 23.4 Å². The molecule has 8 heteroatoms. The van der Waals surface area contributed by atoms with E-state index in [0.717, 1.165) is 24.1 Å². The fourth-order valence-corrected chi connectivity index (χ4v) is 2.70. The Morgan fingerprint density at radius 1 is 1.03 bits per heavy atom. The van der Waals surface area contributed by atoms with E-state index in [1.807, 2.05) is 25.1 Å². The largest absolute Gasteiger partial charge is 0.352 e. The Balaban J connectivity index is 0.00000320. The molecule has 2 aromatic heterocycles. The van der Waals surface area contributed by atoms with Gasteiger partial charge in [0, 0.05) is 46.4 Å². The second-order valence-electron chi connectivity index (χ2n) is 6.38. The third-order valence-electron chi connectivity index (χ3n) is 4.16. The zero-order chi connectivity index (χ0) is 20.5. The fraction of sp³-hybridized carbons (Fsp3) is 0.190. The van der Waals surface area contributed by atoms with Crippen molar-refractivity contribution in [3.05, 3.63) is 78.0 Å². The molecule has 29 heavy (non-hydrogen) atoms. The number of benzene rings is 1. The summed E-state index contributed by atoms with van der Waals surface area (Å²) in [5, 5.41) is 8.24. The van der Waals surface area contributed by atoms with E-state index in [1.54, 1.807) is 24.4 Å². The van der Waals surface area contributed by atoms with Crippen LogP contribution in [-0.2, 0) is 6.42 Å². The molecule has 0 bridgehead atoms. The Morgan fingerprint density at radius 3 is 2.66 bits per heavy atom. The van der Waals surface area contributed by atoms with Crippen LogP contribution in [0.4, 0.5) is 16.3 Å². The molecule has 0 aliphatic heterocycles.